The lowest BCUT2D eigenvalue weighted by Gasteiger charge is -2.42. The number of aromatic nitrogens is 3. The summed E-state index contributed by atoms with van der Waals surface area (Å²) in [7, 11) is 3.86. The first-order valence-corrected chi connectivity index (χ1v) is 10.3. The Hall–Kier alpha value is -2.06. The van der Waals surface area contributed by atoms with E-state index in [2.05, 4.69) is 14.8 Å². The fraction of sp³-hybridized carbons (Fsp3) is 0.400. The maximum atomic E-state index is 13.2. The molecular formula is C20H21Cl2N5O2. The van der Waals surface area contributed by atoms with Gasteiger partial charge in [0.25, 0.3) is 0 Å². The summed E-state index contributed by atoms with van der Waals surface area (Å²) in [6.07, 6.45) is 3.50. The van der Waals surface area contributed by atoms with Crippen molar-refractivity contribution in [1.29, 1.82) is 0 Å². The highest BCUT2D eigenvalue weighted by atomic mass is 35.5. The molecule has 5 rings (SSSR count). The van der Waals surface area contributed by atoms with Crippen LogP contribution in [-0.2, 0) is 22.6 Å². The van der Waals surface area contributed by atoms with Crippen molar-refractivity contribution in [3.05, 3.63) is 40.3 Å². The van der Waals surface area contributed by atoms with E-state index < -0.39 is 0 Å². The normalized spacial score (nSPS) is 21.5. The van der Waals surface area contributed by atoms with Crippen molar-refractivity contribution in [2.45, 2.75) is 19.3 Å². The van der Waals surface area contributed by atoms with Crippen molar-refractivity contribution < 1.29 is 9.53 Å². The number of nitrogens with zero attached hydrogens (tertiary/aromatic N) is 4. The van der Waals surface area contributed by atoms with Gasteiger partial charge < -0.3 is 14.2 Å². The minimum absolute atomic E-state index is 0.128. The highest BCUT2D eigenvalue weighted by molar-refractivity contribution is 6.45. The maximum Gasteiger partial charge on any atom is 0.232 e. The summed E-state index contributed by atoms with van der Waals surface area (Å²) in [5, 5.41) is 9.08. The average Bonchev–Trinajstić information content (AvgIpc) is 3.28. The summed E-state index contributed by atoms with van der Waals surface area (Å²) in [5.41, 5.74) is 3.97. The number of ether oxygens (including phenoxy) is 1. The maximum absolute atomic E-state index is 13.2. The Kier molecular flexibility index (Phi) is 4.58. The number of rotatable bonds is 3. The van der Waals surface area contributed by atoms with Gasteiger partial charge in [-0.1, -0.05) is 29.3 Å². The average molecular weight is 434 g/mol. The monoisotopic (exact) mass is 433 g/mol. The Balaban J connectivity index is 1.58. The Labute approximate surface area is 178 Å². The number of nitrogens with one attached hydrogen (secondary N) is 1. The van der Waals surface area contributed by atoms with Crippen LogP contribution in [0.15, 0.2) is 24.5 Å². The van der Waals surface area contributed by atoms with Crippen LogP contribution < -0.4 is 0 Å². The van der Waals surface area contributed by atoms with E-state index in [9.17, 15) is 4.79 Å². The summed E-state index contributed by atoms with van der Waals surface area (Å²) in [4.78, 5) is 17.1. The fourth-order valence-corrected chi connectivity index (χ4v) is 4.86. The Morgan fingerprint density at radius 2 is 2.14 bits per heavy atom. The minimum Gasteiger partial charge on any atom is -0.361 e. The number of carbonyl (C=O) groups excluding carboxylic acids is 1. The van der Waals surface area contributed by atoms with Gasteiger partial charge in [-0.2, -0.15) is 5.10 Å². The molecule has 29 heavy (non-hydrogen) atoms. The summed E-state index contributed by atoms with van der Waals surface area (Å²) in [6.45, 7) is 2.27. The molecule has 1 aromatic carbocycles. The van der Waals surface area contributed by atoms with Crippen molar-refractivity contribution in [2.24, 2.45) is 5.92 Å². The van der Waals surface area contributed by atoms with Gasteiger partial charge in [0.15, 0.2) is 0 Å². The van der Waals surface area contributed by atoms with E-state index in [1.165, 1.54) is 0 Å². The highest BCUT2D eigenvalue weighted by Crippen LogP contribution is 2.42. The number of H-pyrrole nitrogens is 1. The number of aromatic amines is 1. The van der Waals surface area contributed by atoms with Crippen LogP contribution in [0.3, 0.4) is 0 Å². The molecule has 1 N–H and O–H groups in total. The molecule has 7 nitrogen and oxygen atoms in total. The smallest absolute Gasteiger partial charge is 0.232 e. The van der Waals surface area contributed by atoms with Crippen LogP contribution in [0.1, 0.15) is 5.69 Å². The van der Waals surface area contributed by atoms with E-state index >= 15 is 0 Å². The second-order valence-corrected chi connectivity index (χ2v) is 8.56. The lowest BCUT2D eigenvalue weighted by Crippen LogP contribution is -2.57. The van der Waals surface area contributed by atoms with Gasteiger partial charge in [-0.05, 0) is 20.2 Å². The van der Waals surface area contributed by atoms with Gasteiger partial charge in [0.1, 0.15) is 12.1 Å². The number of carbonyl (C=O) groups is 1. The van der Waals surface area contributed by atoms with Crippen molar-refractivity contribution in [3.8, 4) is 11.1 Å². The largest absolute Gasteiger partial charge is 0.361 e. The van der Waals surface area contributed by atoms with E-state index in [1.54, 1.807) is 6.20 Å². The molecule has 2 atom stereocenters. The van der Waals surface area contributed by atoms with Gasteiger partial charge in [0, 0.05) is 41.5 Å². The fourth-order valence-electron chi connectivity index (χ4n) is 4.44. The van der Waals surface area contributed by atoms with E-state index in [4.69, 9.17) is 27.9 Å². The summed E-state index contributed by atoms with van der Waals surface area (Å²) in [5.74, 6) is 0.00469. The third-order valence-corrected chi connectivity index (χ3v) is 6.67. The van der Waals surface area contributed by atoms with Gasteiger partial charge >= 0.3 is 0 Å². The second-order valence-electron chi connectivity index (χ2n) is 7.77. The number of halogens is 2. The molecule has 0 saturated carbocycles. The van der Waals surface area contributed by atoms with Gasteiger partial charge in [-0.3, -0.25) is 14.8 Å². The third kappa shape index (κ3) is 2.87. The van der Waals surface area contributed by atoms with Crippen LogP contribution in [0.4, 0.5) is 0 Å². The van der Waals surface area contributed by atoms with Crippen LogP contribution in [-0.4, -0.2) is 63.9 Å². The van der Waals surface area contributed by atoms with E-state index in [0.29, 0.717) is 36.3 Å². The van der Waals surface area contributed by atoms with Crippen molar-refractivity contribution in [3.63, 3.8) is 0 Å². The number of amides is 1. The molecule has 2 aliphatic heterocycles. The van der Waals surface area contributed by atoms with E-state index in [-0.39, 0.29) is 18.1 Å². The SMILES string of the molecule is CN(C)C1OCC1C(=O)N1CCn2c(c(-c3cn[nH]c3)c3ccc(Cl)c(Cl)c32)C1. The Morgan fingerprint density at radius 1 is 1.31 bits per heavy atom. The van der Waals surface area contributed by atoms with Crippen molar-refractivity contribution in [1.82, 2.24) is 24.6 Å². The molecule has 4 heterocycles. The molecular weight excluding hydrogens is 413 g/mol. The van der Waals surface area contributed by atoms with Gasteiger partial charge in [0.2, 0.25) is 5.91 Å². The minimum atomic E-state index is -0.156. The van der Waals surface area contributed by atoms with Crippen LogP contribution in [0.5, 0.6) is 0 Å². The zero-order valence-electron chi connectivity index (χ0n) is 16.2. The van der Waals surface area contributed by atoms with Gasteiger partial charge in [0.05, 0.1) is 34.9 Å². The second kappa shape index (κ2) is 7.02. The van der Waals surface area contributed by atoms with Gasteiger partial charge in [-0.15, -0.1) is 0 Å². The first kappa shape index (κ1) is 18.9. The first-order chi connectivity index (χ1) is 14.0. The number of hydrogen-bond acceptors (Lipinski definition) is 4. The van der Waals surface area contributed by atoms with Crippen LogP contribution in [0, 0.1) is 5.92 Å². The standard InChI is InChI=1S/C20H21Cl2N5O2/c1-25(2)20-13(10-29-20)19(28)26-5-6-27-15(9-26)16(11-7-23-24-8-11)12-3-4-14(21)17(22)18(12)27/h3-4,7-8,13,20H,5-6,9-10H2,1-2H3,(H,23,24). The highest BCUT2D eigenvalue weighted by Gasteiger charge is 2.42. The molecule has 1 saturated heterocycles. The first-order valence-electron chi connectivity index (χ1n) is 9.52. The molecule has 2 unspecified atom stereocenters. The Bertz CT molecular complexity index is 1090. The van der Waals surface area contributed by atoms with E-state index in [0.717, 1.165) is 27.7 Å². The summed E-state index contributed by atoms with van der Waals surface area (Å²) in [6, 6.07) is 3.81. The molecule has 9 heteroatoms. The molecule has 152 valence electrons. The predicted octanol–water partition coefficient (Wildman–Crippen LogP) is 3.21. The van der Waals surface area contributed by atoms with Crippen molar-refractivity contribution in [2.75, 3.05) is 27.2 Å². The van der Waals surface area contributed by atoms with Gasteiger partial charge in [-0.25, -0.2) is 0 Å². The molecule has 1 fully saturated rings. The van der Waals surface area contributed by atoms with Crippen LogP contribution >= 0.6 is 23.2 Å². The molecule has 2 aliphatic rings. The molecule has 0 bridgehead atoms. The van der Waals surface area contributed by atoms with Crippen LogP contribution in [0.2, 0.25) is 10.0 Å². The number of fused-ring (bicyclic) bond motifs is 3. The molecule has 3 aromatic rings. The number of hydrogen-bond donors (Lipinski definition) is 1. The number of benzene rings is 1. The van der Waals surface area contributed by atoms with E-state index in [1.807, 2.05) is 42.2 Å². The zero-order chi connectivity index (χ0) is 20.3. The topological polar surface area (TPSA) is 66.4 Å². The molecule has 0 spiro atoms. The third-order valence-electron chi connectivity index (χ3n) is 5.87. The summed E-state index contributed by atoms with van der Waals surface area (Å²) < 4.78 is 7.77. The molecule has 1 amide bonds. The Morgan fingerprint density at radius 3 is 2.79 bits per heavy atom. The van der Waals surface area contributed by atoms with Crippen LogP contribution in [0.25, 0.3) is 22.0 Å². The molecule has 2 aromatic heterocycles. The summed E-state index contributed by atoms with van der Waals surface area (Å²) >= 11 is 12.9. The lowest BCUT2D eigenvalue weighted by atomic mass is 10.00. The zero-order valence-corrected chi connectivity index (χ0v) is 17.7. The quantitative estimate of drug-likeness (QED) is 0.688. The van der Waals surface area contributed by atoms with Crippen molar-refractivity contribution >= 4 is 40.0 Å². The lowest BCUT2D eigenvalue weighted by molar-refractivity contribution is -0.197. The molecule has 0 radical (unpaired) electrons. The molecule has 0 aliphatic carbocycles. The predicted molar refractivity (Wildman–Crippen MR) is 112 cm³/mol.